The standard InChI is InChI=1S/C16H27N5O9S/c1-6(22)12(18)15(28)20-8(4-10(17)23)13(26)21-9(5-31)14(27)19-7(16(29)30)2-3-11(24)25/h6-9,12,22,31H,2-5,18H2,1H3,(H2,17,23)(H,19,27)(H,20,28)(H,21,26)(H,24,25)(H,29,30). The Morgan fingerprint density at radius 1 is 0.903 bits per heavy atom. The third-order valence-electron chi connectivity index (χ3n) is 3.94. The highest BCUT2D eigenvalue weighted by Gasteiger charge is 2.31. The molecule has 5 unspecified atom stereocenters. The molecule has 0 aliphatic carbocycles. The van der Waals surface area contributed by atoms with E-state index in [-0.39, 0.29) is 5.75 Å². The number of carboxylic acids is 2. The second-order valence-electron chi connectivity index (χ2n) is 6.57. The van der Waals surface area contributed by atoms with Crippen molar-refractivity contribution < 1.29 is 44.1 Å². The summed E-state index contributed by atoms with van der Waals surface area (Å²) in [5.41, 5.74) is 10.5. The van der Waals surface area contributed by atoms with E-state index in [0.29, 0.717) is 0 Å². The zero-order valence-electron chi connectivity index (χ0n) is 16.6. The summed E-state index contributed by atoms with van der Waals surface area (Å²) in [6.07, 6.45) is -2.83. The Kier molecular flexibility index (Phi) is 12.1. The SMILES string of the molecule is CC(O)C(N)C(=O)NC(CC(N)=O)C(=O)NC(CS)C(=O)NC(CCC(=O)O)C(=O)O. The van der Waals surface area contributed by atoms with Gasteiger partial charge in [-0.25, -0.2) is 4.79 Å². The topological polar surface area (TPSA) is 251 Å². The van der Waals surface area contributed by atoms with E-state index in [4.69, 9.17) is 21.7 Å². The van der Waals surface area contributed by atoms with E-state index in [1.54, 1.807) is 0 Å². The average molecular weight is 465 g/mol. The van der Waals surface area contributed by atoms with Crippen LogP contribution in [0.4, 0.5) is 0 Å². The minimum absolute atomic E-state index is 0.298. The maximum absolute atomic E-state index is 12.5. The van der Waals surface area contributed by atoms with Gasteiger partial charge in [0, 0.05) is 12.2 Å². The number of aliphatic carboxylic acids is 2. The molecule has 15 heteroatoms. The number of hydrogen-bond acceptors (Lipinski definition) is 9. The first kappa shape index (κ1) is 28.1. The van der Waals surface area contributed by atoms with Gasteiger partial charge in [0.25, 0.3) is 0 Å². The van der Waals surface area contributed by atoms with E-state index in [9.17, 15) is 33.9 Å². The first-order chi connectivity index (χ1) is 14.3. The van der Waals surface area contributed by atoms with Gasteiger partial charge in [-0.2, -0.15) is 12.6 Å². The van der Waals surface area contributed by atoms with Crippen LogP contribution < -0.4 is 27.4 Å². The van der Waals surface area contributed by atoms with Crippen molar-refractivity contribution in [2.45, 2.75) is 56.5 Å². The number of aliphatic hydroxyl groups excluding tert-OH is 1. The van der Waals surface area contributed by atoms with Crippen molar-refractivity contribution in [1.82, 2.24) is 16.0 Å². The number of carboxylic acid groups (broad SMARTS) is 2. The lowest BCUT2D eigenvalue weighted by Crippen LogP contribution is -2.59. The van der Waals surface area contributed by atoms with Crippen LogP contribution in [0.1, 0.15) is 26.2 Å². The molecule has 4 amide bonds. The lowest BCUT2D eigenvalue weighted by molar-refractivity contribution is -0.143. The predicted molar refractivity (Wildman–Crippen MR) is 108 cm³/mol. The summed E-state index contributed by atoms with van der Waals surface area (Å²) in [6.45, 7) is 1.23. The molecule has 0 saturated heterocycles. The van der Waals surface area contributed by atoms with Crippen LogP contribution in [0.3, 0.4) is 0 Å². The number of carbonyl (C=O) groups excluding carboxylic acids is 4. The quantitative estimate of drug-likeness (QED) is 0.112. The molecule has 5 atom stereocenters. The normalized spacial score (nSPS) is 15.5. The second kappa shape index (κ2) is 13.4. The highest BCUT2D eigenvalue weighted by atomic mass is 32.1. The fourth-order valence-electron chi connectivity index (χ4n) is 2.16. The molecule has 0 fully saturated rings. The number of nitrogens with two attached hydrogens (primary N) is 2. The Balaban J connectivity index is 5.26. The van der Waals surface area contributed by atoms with Crippen molar-refractivity contribution >= 4 is 48.2 Å². The summed E-state index contributed by atoms with van der Waals surface area (Å²) < 4.78 is 0. The van der Waals surface area contributed by atoms with Crippen LogP contribution in [-0.4, -0.2) is 86.9 Å². The number of rotatable bonds is 14. The van der Waals surface area contributed by atoms with Gasteiger partial charge in [0.2, 0.25) is 23.6 Å². The highest BCUT2D eigenvalue weighted by molar-refractivity contribution is 7.80. The summed E-state index contributed by atoms with van der Waals surface area (Å²) in [4.78, 5) is 69.8. The zero-order chi connectivity index (χ0) is 24.3. The van der Waals surface area contributed by atoms with Gasteiger partial charge in [0.15, 0.2) is 0 Å². The van der Waals surface area contributed by atoms with E-state index >= 15 is 0 Å². The number of aliphatic hydroxyl groups is 1. The van der Waals surface area contributed by atoms with Crippen molar-refractivity contribution in [1.29, 1.82) is 0 Å². The van der Waals surface area contributed by atoms with Crippen molar-refractivity contribution in [3.05, 3.63) is 0 Å². The third kappa shape index (κ3) is 10.6. The van der Waals surface area contributed by atoms with Crippen LogP contribution in [0.2, 0.25) is 0 Å². The maximum atomic E-state index is 12.5. The molecule has 0 heterocycles. The van der Waals surface area contributed by atoms with Gasteiger partial charge in [-0.15, -0.1) is 0 Å². The van der Waals surface area contributed by atoms with Gasteiger partial charge in [0.05, 0.1) is 12.5 Å². The Morgan fingerprint density at radius 3 is 1.81 bits per heavy atom. The van der Waals surface area contributed by atoms with Gasteiger partial charge < -0.3 is 42.7 Å². The van der Waals surface area contributed by atoms with Crippen molar-refractivity contribution in [2.24, 2.45) is 11.5 Å². The minimum Gasteiger partial charge on any atom is -0.481 e. The fourth-order valence-corrected chi connectivity index (χ4v) is 2.42. The van der Waals surface area contributed by atoms with E-state index in [1.807, 2.05) is 0 Å². The second-order valence-corrected chi connectivity index (χ2v) is 6.94. The summed E-state index contributed by atoms with van der Waals surface area (Å²) in [6, 6.07) is -5.86. The van der Waals surface area contributed by atoms with Crippen molar-refractivity contribution in [3.8, 4) is 0 Å². The summed E-state index contributed by atoms with van der Waals surface area (Å²) in [5, 5.41) is 33.5. The molecular weight excluding hydrogens is 438 g/mol. The van der Waals surface area contributed by atoms with E-state index in [2.05, 4.69) is 28.6 Å². The maximum Gasteiger partial charge on any atom is 0.326 e. The molecule has 0 aliphatic heterocycles. The highest BCUT2D eigenvalue weighted by Crippen LogP contribution is 2.02. The van der Waals surface area contributed by atoms with Crippen molar-refractivity contribution in [3.63, 3.8) is 0 Å². The molecular formula is C16H27N5O9S. The number of carbonyl (C=O) groups is 6. The molecule has 0 bridgehead atoms. The Labute approximate surface area is 182 Å². The third-order valence-corrected chi connectivity index (χ3v) is 4.30. The van der Waals surface area contributed by atoms with Crippen LogP contribution in [-0.2, 0) is 28.8 Å². The first-order valence-electron chi connectivity index (χ1n) is 8.98. The molecule has 0 aromatic heterocycles. The van der Waals surface area contributed by atoms with Crippen molar-refractivity contribution in [2.75, 3.05) is 5.75 Å². The Hall–Kier alpha value is -2.91. The molecule has 0 spiro atoms. The van der Waals surface area contributed by atoms with E-state index < -0.39 is 85.1 Å². The van der Waals surface area contributed by atoms with Gasteiger partial charge in [0.1, 0.15) is 24.2 Å². The lowest BCUT2D eigenvalue weighted by Gasteiger charge is -2.24. The van der Waals surface area contributed by atoms with Crippen LogP contribution in [0.15, 0.2) is 0 Å². The lowest BCUT2D eigenvalue weighted by atomic mass is 10.1. The van der Waals surface area contributed by atoms with Crippen LogP contribution in [0.5, 0.6) is 0 Å². The largest absolute Gasteiger partial charge is 0.481 e. The van der Waals surface area contributed by atoms with E-state index in [0.717, 1.165) is 0 Å². The molecule has 0 radical (unpaired) electrons. The molecule has 10 N–H and O–H groups in total. The molecule has 0 rings (SSSR count). The Morgan fingerprint density at radius 2 is 1.39 bits per heavy atom. The molecule has 14 nitrogen and oxygen atoms in total. The number of nitrogens with one attached hydrogen (secondary N) is 3. The first-order valence-corrected chi connectivity index (χ1v) is 9.61. The van der Waals surface area contributed by atoms with Crippen LogP contribution in [0, 0.1) is 0 Å². The molecule has 31 heavy (non-hydrogen) atoms. The average Bonchev–Trinajstić information content (AvgIpc) is 2.66. The summed E-state index contributed by atoms with van der Waals surface area (Å²) in [5.74, 6) is -6.96. The summed E-state index contributed by atoms with van der Waals surface area (Å²) >= 11 is 3.91. The number of hydrogen-bond donors (Lipinski definition) is 9. The predicted octanol–water partition coefficient (Wildman–Crippen LogP) is -4.10. The zero-order valence-corrected chi connectivity index (χ0v) is 17.5. The number of amides is 4. The molecule has 176 valence electrons. The Bertz CT molecular complexity index is 703. The van der Waals surface area contributed by atoms with Gasteiger partial charge in [-0.05, 0) is 13.3 Å². The monoisotopic (exact) mass is 465 g/mol. The molecule has 0 aromatic rings. The fraction of sp³-hybridized carbons (Fsp3) is 0.625. The minimum atomic E-state index is -1.53. The number of thiol groups is 1. The van der Waals surface area contributed by atoms with Gasteiger partial charge in [-0.3, -0.25) is 24.0 Å². The summed E-state index contributed by atoms with van der Waals surface area (Å²) in [7, 11) is 0. The van der Waals surface area contributed by atoms with Crippen LogP contribution in [0.25, 0.3) is 0 Å². The smallest absolute Gasteiger partial charge is 0.326 e. The molecule has 0 aromatic carbocycles. The van der Waals surface area contributed by atoms with Gasteiger partial charge >= 0.3 is 11.9 Å². The van der Waals surface area contributed by atoms with Crippen LogP contribution >= 0.6 is 12.6 Å². The van der Waals surface area contributed by atoms with E-state index in [1.165, 1.54) is 6.92 Å². The molecule has 0 aliphatic rings. The molecule has 0 saturated carbocycles. The van der Waals surface area contributed by atoms with Gasteiger partial charge in [-0.1, -0.05) is 0 Å². The number of primary amides is 1.